The van der Waals surface area contributed by atoms with Crippen molar-refractivity contribution in [2.45, 2.75) is 64.3 Å². The van der Waals surface area contributed by atoms with Crippen LogP contribution in [-0.4, -0.2) is 32.4 Å². The van der Waals surface area contributed by atoms with Gasteiger partial charge in [-0.05, 0) is 61.9 Å². The van der Waals surface area contributed by atoms with Gasteiger partial charge in [-0.15, -0.1) is 0 Å². The first kappa shape index (κ1) is 20.4. The van der Waals surface area contributed by atoms with Crippen molar-refractivity contribution >= 4 is 16.9 Å². The summed E-state index contributed by atoms with van der Waals surface area (Å²) in [4.78, 5) is 16.0. The summed E-state index contributed by atoms with van der Waals surface area (Å²) >= 11 is 0. The molecule has 1 N–H and O–H groups in total. The molecule has 1 atom stereocenters. The number of benzene rings is 1. The van der Waals surface area contributed by atoms with Crippen molar-refractivity contribution in [1.82, 2.24) is 14.8 Å². The Bertz CT molecular complexity index is 1030. The molecule has 2 heterocycles. The second kappa shape index (κ2) is 9.28. The van der Waals surface area contributed by atoms with Gasteiger partial charge in [0.15, 0.2) is 0 Å². The van der Waals surface area contributed by atoms with Crippen LogP contribution in [0.2, 0.25) is 0 Å². The van der Waals surface area contributed by atoms with Crippen LogP contribution in [-0.2, 0) is 24.1 Å². The molecule has 6 nitrogen and oxygen atoms in total. The fourth-order valence-electron chi connectivity index (χ4n) is 4.30. The summed E-state index contributed by atoms with van der Waals surface area (Å²) in [7, 11) is 0. The fraction of sp³-hybridized carbons (Fsp3) is 0.458. The fourth-order valence-corrected chi connectivity index (χ4v) is 4.30. The van der Waals surface area contributed by atoms with Crippen molar-refractivity contribution in [1.29, 1.82) is 0 Å². The number of carbonyl (C=O) groups is 1. The van der Waals surface area contributed by atoms with E-state index in [-0.39, 0.29) is 12.5 Å². The first-order chi connectivity index (χ1) is 14.6. The SMILES string of the molecule is CCCC(CC(=O)O)n1ncc2cc(OCCc3ccc4c(n3)CCCC4)ccc21. The number of aromatic nitrogens is 3. The summed E-state index contributed by atoms with van der Waals surface area (Å²) in [6.07, 6.45) is 9.09. The highest BCUT2D eigenvalue weighted by atomic mass is 16.5. The predicted octanol–water partition coefficient (Wildman–Crippen LogP) is 4.75. The molecular formula is C24H29N3O3. The number of hydrogen-bond donors (Lipinski definition) is 1. The van der Waals surface area contributed by atoms with Gasteiger partial charge in [-0.2, -0.15) is 5.10 Å². The third kappa shape index (κ3) is 4.64. The Kier molecular flexibility index (Phi) is 6.31. The summed E-state index contributed by atoms with van der Waals surface area (Å²) < 4.78 is 7.81. The van der Waals surface area contributed by atoms with E-state index < -0.39 is 5.97 Å². The van der Waals surface area contributed by atoms with E-state index in [4.69, 9.17) is 9.72 Å². The number of aliphatic carboxylic acids is 1. The molecular weight excluding hydrogens is 378 g/mol. The Morgan fingerprint density at radius 2 is 2.10 bits per heavy atom. The van der Waals surface area contributed by atoms with Crippen LogP contribution < -0.4 is 4.74 Å². The quantitative estimate of drug-likeness (QED) is 0.554. The zero-order chi connectivity index (χ0) is 20.9. The van der Waals surface area contributed by atoms with Crippen LogP contribution >= 0.6 is 0 Å². The lowest BCUT2D eigenvalue weighted by molar-refractivity contribution is -0.138. The molecule has 3 aromatic rings. The second-order valence-electron chi connectivity index (χ2n) is 8.06. The van der Waals surface area contributed by atoms with Crippen LogP contribution in [0.25, 0.3) is 10.9 Å². The molecule has 158 valence electrons. The predicted molar refractivity (Wildman–Crippen MR) is 116 cm³/mol. The van der Waals surface area contributed by atoms with E-state index in [0.29, 0.717) is 6.61 Å². The maximum atomic E-state index is 11.2. The van der Waals surface area contributed by atoms with Gasteiger partial charge in [0.05, 0.1) is 30.8 Å². The molecule has 0 saturated carbocycles. The lowest BCUT2D eigenvalue weighted by Crippen LogP contribution is -2.14. The normalized spacial score (nSPS) is 14.4. The Balaban J connectivity index is 1.41. The van der Waals surface area contributed by atoms with Crippen molar-refractivity contribution in [2.24, 2.45) is 0 Å². The molecule has 0 radical (unpaired) electrons. The molecule has 1 aliphatic rings. The number of hydrogen-bond acceptors (Lipinski definition) is 4. The maximum Gasteiger partial charge on any atom is 0.305 e. The van der Waals surface area contributed by atoms with Crippen LogP contribution in [0.5, 0.6) is 5.75 Å². The van der Waals surface area contributed by atoms with Gasteiger partial charge in [-0.25, -0.2) is 0 Å². The number of rotatable bonds is 9. The molecule has 0 amide bonds. The highest BCUT2D eigenvalue weighted by Crippen LogP contribution is 2.27. The van der Waals surface area contributed by atoms with E-state index in [9.17, 15) is 9.90 Å². The van der Waals surface area contributed by atoms with Gasteiger partial charge in [-0.3, -0.25) is 14.5 Å². The van der Waals surface area contributed by atoms with E-state index in [1.165, 1.54) is 24.1 Å². The number of ether oxygens (including phenoxy) is 1. The number of carboxylic acids is 1. The topological polar surface area (TPSA) is 77.2 Å². The van der Waals surface area contributed by atoms with E-state index in [0.717, 1.165) is 54.5 Å². The van der Waals surface area contributed by atoms with Crippen molar-refractivity contribution in [3.63, 3.8) is 0 Å². The highest BCUT2D eigenvalue weighted by molar-refractivity contribution is 5.80. The van der Waals surface area contributed by atoms with Crippen LogP contribution in [0.3, 0.4) is 0 Å². The van der Waals surface area contributed by atoms with Crippen LogP contribution in [0.1, 0.15) is 62.0 Å². The van der Waals surface area contributed by atoms with Gasteiger partial charge >= 0.3 is 5.97 Å². The average molecular weight is 408 g/mol. The first-order valence-corrected chi connectivity index (χ1v) is 10.9. The van der Waals surface area contributed by atoms with Gasteiger partial charge in [-0.1, -0.05) is 19.4 Å². The molecule has 0 aliphatic heterocycles. The van der Waals surface area contributed by atoms with Crippen LogP contribution in [0, 0.1) is 0 Å². The average Bonchev–Trinajstić information content (AvgIpc) is 3.16. The number of nitrogens with zero attached hydrogens (tertiary/aromatic N) is 3. The van der Waals surface area contributed by atoms with Crippen LogP contribution in [0.15, 0.2) is 36.5 Å². The highest BCUT2D eigenvalue weighted by Gasteiger charge is 2.18. The molecule has 30 heavy (non-hydrogen) atoms. The zero-order valence-electron chi connectivity index (χ0n) is 17.5. The van der Waals surface area contributed by atoms with E-state index >= 15 is 0 Å². The molecule has 2 aromatic heterocycles. The smallest absolute Gasteiger partial charge is 0.305 e. The summed E-state index contributed by atoms with van der Waals surface area (Å²) in [6, 6.07) is 10.1. The van der Waals surface area contributed by atoms with Crippen molar-refractivity contribution in [3.8, 4) is 5.75 Å². The van der Waals surface area contributed by atoms with Crippen LogP contribution in [0.4, 0.5) is 0 Å². The Morgan fingerprint density at radius 3 is 2.93 bits per heavy atom. The Labute approximate surface area is 176 Å². The van der Waals surface area contributed by atoms with Crippen molar-refractivity contribution < 1.29 is 14.6 Å². The lowest BCUT2D eigenvalue weighted by Gasteiger charge is -2.16. The largest absolute Gasteiger partial charge is 0.493 e. The molecule has 1 aromatic carbocycles. The summed E-state index contributed by atoms with van der Waals surface area (Å²) in [5.41, 5.74) is 4.69. The minimum atomic E-state index is -0.798. The van der Waals surface area contributed by atoms with Gasteiger partial charge in [0.1, 0.15) is 5.75 Å². The van der Waals surface area contributed by atoms with Gasteiger partial charge < -0.3 is 9.84 Å². The third-order valence-electron chi connectivity index (χ3n) is 5.81. The molecule has 4 rings (SSSR count). The number of aryl methyl sites for hydroxylation is 2. The van der Waals surface area contributed by atoms with Gasteiger partial charge in [0.25, 0.3) is 0 Å². The molecule has 1 unspecified atom stereocenters. The van der Waals surface area contributed by atoms with E-state index in [2.05, 4.69) is 24.2 Å². The number of pyridine rings is 1. The molecule has 6 heteroatoms. The second-order valence-corrected chi connectivity index (χ2v) is 8.06. The van der Waals surface area contributed by atoms with Gasteiger partial charge in [0.2, 0.25) is 0 Å². The zero-order valence-corrected chi connectivity index (χ0v) is 17.5. The molecule has 0 spiro atoms. The number of fused-ring (bicyclic) bond motifs is 2. The standard InChI is InChI=1S/C24H29N3O3/c1-2-5-20(15-24(28)29)27-23-11-10-21(14-18(23)16-25-27)30-13-12-19-9-8-17-6-3-4-7-22(17)26-19/h8-11,14,16,20H,2-7,12-13,15H2,1H3,(H,28,29). The molecule has 0 fully saturated rings. The minimum Gasteiger partial charge on any atom is -0.493 e. The Morgan fingerprint density at radius 1 is 1.23 bits per heavy atom. The maximum absolute atomic E-state index is 11.2. The molecule has 0 bridgehead atoms. The molecule has 1 aliphatic carbocycles. The monoisotopic (exact) mass is 407 g/mol. The van der Waals surface area contributed by atoms with E-state index in [1.807, 2.05) is 22.9 Å². The minimum absolute atomic E-state index is 0.0800. The van der Waals surface area contributed by atoms with E-state index in [1.54, 1.807) is 6.20 Å². The van der Waals surface area contributed by atoms with Crippen molar-refractivity contribution in [2.75, 3.05) is 6.61 Å². The summed E-state index contributed by atoms with van der Waals surface area (Å²) in [5.74, 6) is -0.00173. The Hall–Kier alpha value is -2.89. The van der Waals surface area contributed by atoms with Gasteiger partial charge in [0, 0.05) is 23.2 Å². The third-order valence-corrected chi connectivity index (χ3v) is 5.81. The van der Waals surface area contributed by atoms with Crippen molar-refractivity contribution in [3.05, 3.63) is 53.5 Å². The molecule has 0 saturated heterocycles. The lowest BCUT2D eigenvalue weighted by atomic mass is 9.96. The summed E-state index contributed by atoms with van der Waals surface area (Å²) in [6.45, 7) is 2.63. The number of carboxylic acid groups (broad SMARTS) is 1. The first-order valence-electron chi connectivity index (χ1n) is 10.9. The summed E-state index contributed by atoms with van der Waals surface area (Å²) in [5, 5.41) is 14.6.